The first-order valence-corrected chi connectivity index (χ1v) is 14.6. The molecule has 1 aromatic rings. The molecular formula is C31H43NS. The zero-order valence-electron chi connectivity index (χ0n) is 21.2. The second-order valence-electron chi connectivity index (χ2n) is 11.5. The van der Waals surface area contributed by atoms with Gasteiger partial charge in [-0.05, 0) is 126 Å². The number of allylic oxidation sites excluding steroid dienone is 2. The Morgan fingerprint density at radius 1 is 0.970 bits per heavy atom. The summed E-state index contributed by atoms with van der Waals surface area (Å²) in [5.41, 5.74) is 5.84. The third-order valence-electron chi connectivity index (χ3n) is 9.55. The Morgan fingerprint density at radius 3 is 2.61 bits per heavy atom. The molecule has 0 heterocycles. The average molecular weight is 462 g/mol. The Labute approximate surface area is 207 Å². The van der Waals surface area contributed by atoms with Crippen LogP contribution in [0.5, 0.6) is 0 Å². The number of fused-ring (bicyclic) bond motifs is 4. The van der Waals surface area contributed by atoms with Gasteiger partial charge in [-0.25, -0.2) is 0 Å². The van der Waals surface area contributed by atoms with Gasteiger partial charge in [-0.15, -0.1) is 17.7 Å². The lowest BCUT2D eigenvalue weighted by atomic mass is 9.53. The van der Waals surface area contributed by atoms with Crippen LogP contribution in [0.2, 0.25) is 0 Å². The van der Waals surface area contributed by atoms with Gasteiger partial charge in [-0.1, -0.05) is 35.6 Å². The second kappa shape index (κ2) is 10.2. The first-order chi connectivity index (χ1) is 16.1. The first kappa shape index (κ1) is 23.6. The Bertz CT molecular complexity index is 916. The first-order valence-electron chi connectivity index (χ1n) is 13.6. The largest absolute Gasteiger partial charge is 0.309 e. The van der Waals surface area contributed by atoms with Crippen molar-refractivity contribution in [1.82, 2.24) is 4.90 Å². The molecule has 5 rings (SSSR count). The van der Waals surface area contributed by atoms with Gasteiger partial charge < -0.3 is 4.90 Å². The second-order valence-corrected chi connectivity index (χ2v) is 12.7. The van der Waals surface area contributed by atoms with Crippen molar-refractivity contribution in [3.63, 3.8) is 0 Å². The van der Waals surface area contributed by atoms with Crippen LogP contribution in [0, 0.1) is 40.9 Å². The summed E-state index contributed by atoms with van der Waals surface area (Å²) in [6, 6.07) is 9.62. The van der Waals surface area contributed by atoms with Crippen LogP contribution in [0.15, 0.2) is 40.3 Å². The Kier molecular flexibility index (Phi) is 7.29. The van der Waals surface area contributed by atoms with E-state index in [4.69, 9.17) is 0 Å². The van der Waals surface area contributed by atoms with Crippen molar-refractivity contribution in [2.75, 3.05) is 26.4 Å². The van der Waals surface area contributed by atoms with Crippen molar-refractivity contribution < 1.29 is 0 Å². The summed E-state index contributed by atoms with van der Waals surface area (Å²) in [5.74, 6) is 11.5. The van der Waals surface area contributed by atoms with Crippen molar-refractivity contribution in [1.29, 1.82) is 0 Å². The highest BCUT2D eigenvalue weighted by atomic mass is 32.2. The Balaban J connectivity index is 1.38. The SMILES string of the molecule is CC#C[C@@H]1CC[C@H]2[C@@H]3CCC4CCCCC4=C3CC[C@]12Cc1ccc(SCCN(C)C)cc1. The summed E-state index contributed by atoms with van der Waals surface area (Å²) in [7, 11) is 4.31. The number of hydrogen-bond donors (Lipinski definition) is 0. The smallest absolute Gasteiger partial charge is 0.0265 e. The van der Waals surface area contributed by atoms with Crippen LogP contribution >= 0.6 is 11.8 Å². The molecule has 0 amide bonds. The molecule has 1 unspecified atom stereocenters. The number of thioether (sulfide) groups is 1. The number of benzene rings is 1. The lowest BCUT2D eigenvalue weighted by Crippen LogP contribution is -2.44. The van der Waals surface area contributed by atoms with E-state index in [0.29, 0.717) is 11.3 Å². The van der Waals surface area contributed by atoms with Crippen LogP contribution in [0.25, 0.3) is 0 Å². The molecule has 1 aromatic carbocycles. The maximum atomic E-state index is 3.73. The van der Waals surface area contributed by atoms with E-state index in [1.807, 2.05) is 22.9 Å². The van der Waals surface area contributed by atoms with Gasteiger partial charge in [-0.2, -0.15) is 0 Å². The van der Waals surface area contributed by atoms with Crippen LogP contribution in [-0.4, -0.2) is 31.3 Å². The van der Waals surface area contributed by atoms with Gasteiger partial charge in [0.1, 0.15) is 0 Å². The third-order valence-corrected chi connectivity index (χ3v) is 10.5. The van der Waals surface area contributed by atoms with Crippen molar-refractivity contribution in [3.05, 3.63) is 41.0 Å². The highest BCUT2D eigenvalue weighted by molar-refractivity contribution is 7.99. The summed E-state index contributed by atoms with van der Waals surface area (Å²) in [6.45, 7) is 3.19. The lowest BCUT2D eigenvalue weighted by Gasteiger charge is -2.51. The van der Waals surface area contributed by atoms with E-state index in [1.165, 1.54) is 75.5 Å². The van der Waals surface area contributed by atoms with Crippen molar-refractivity contribution in [2.45, 2.75) is 82.4 Å². The fourth-order valence-corrected chi connectivity index (χ4v) is 9.10. The van der Waals surface area contributed by atoms with E-state index in [9.17, 15) is 0 Å². The monoisotopic (exact) mass is 461 g/mol. The van der Waals surface area contributed by atoms with E-state index >= 15 is 0 Å². The van der Waals surface area contributed by atoms with Crippen LogP contribution < -0.4 is 0 Å². The molecule has 4 aliphatic rings. The highest BCUT2D eigenvalue weighted by Crippen LogP contribution is 2.63. The predicted molar refractivity (Wildman–Crippen MR) is 142 cm³/mol. The molecule has 0 N–H and O–H groups in total. The molecule has 5 atom stereocenters. The highest BCUT2D eigenvalue weighted by Gasteiger charge is 2.55. The summed E-state index contributed by atoms with van der Waals surface area (Å²) in [5, 5.41) is 0. The van der Waals surface area contributed by atoms with Gasteiger partial charge in [0.15, 0.2) is 0 Å². The molecule has 3 fully saturated rings. The summed E-state index contributed by atoms with van der Waals surface area (Å²) < 4.78 is 0. The van der Waals surface area contributed by atoms with Crippen LogP contribution in [0.3, 0.4) is 0 Å². The molecular weight excluding hydrogens is 418 g/mol. The molecule has 0 radical (unpaired) electrons. The van der Waals surface area contributed by atoms with Crippen LogP contribution in [0.1, 0.15) is 76.7 Å². The molecule has 0 saturated heterocycles. The van der Waals surface area contributed by atoms with Gasteiger partial charge >= 0.3 is 0 Å². The van der Waals surface area contributed by atoms with Gasteiger partial charge in [0.25, 0.3) is 0 Å². The zero-order valence-corrected chi connectivity index (χ0v) is 22.0. The average Bonchev–Trinajstić information content (AvgIpc) is 3.18. The number of hydrogen-bond acceptors (Lipinski definition) is 2. The minimum absolute atomic E-state index is 0.402. The number of rotatable bonds is 6. The Hall–Kier alpha value is -1.17. The third kappa shape index (κ3) is 4.70. The van der Waals surface area contributed by atoms with Gasteiger partial charge in [0, 0.05) is 23.1 Å². The van der Waals surface area contributed by atoms with Crippen molar-refractivity contribution in [2.24, 2.45) is 29.1 Å². The topological polar surface area (TPSA) is 3.24 Å². The van der Waals surface area contributed by atoms with E-state index in [0.717, 1.165) is 30.1 Å². The van der Waals surface area contributed by atoms with E-state index in [1.54, 1.807) is 5.56 Å². The van der Waals surface area contributed by atoms with E-state index in [-0.39, 0.29) is 0 Å². The van der Waals surface area contributed by atoms with Crippen LogP contribution in [-0.2, 0) is 6.42 Å². The maximum absolute atomic E-state index is 3.73. The molecule has 0 spiro atoms. The number of nitrogens with zero attached hydrogens (tertiary/aromatic N) is 1. The minimum Gasteiger partial charge on any atom is -0.309 e. The molecule has 3 saturated carbocycles. The van der Waals surface area contributed by atoms with Crippen LogP contribution in [0.4, 0.5) is 0 Å². The summed E-state index contributed by atoms with van der Waals surface area (Å²) >= 11 is 1.99. The van der Waals surface area contributed by atoms with Gasteiger partial charge in [0.05, 0.1) is 0 Å². The fraction of sp³-hybridized carbons (Fsp3) is 0.677. The molecule has 0 aliphatic heterocycles. The quantitative estimate of drug-likeness (QED) is 0.244. The lowest BCUT2D eigenvalue weighted by molar-refractivity contribution is 0.0672. The molecule has 178 valence electrons. The molecule has 0 bridgehead atoms. The molecule has 4 aliphatic carbocycles. The molecule has 0 aromatic heterocycles. The van der Waals surface area contributed by atoms with Crippen molar-refractivity contribution >= 4 is 11.8 Å². The minimum atomic E-state index is 0.402. The van der Waals surface area contributed by atoms with Crippen molar-refractivity contribution in [3.8, 4) is 11.8 Å². The molecule has 2 heteroatoms. The normalized spacial score (nSPS) is 33.2. The zero-order chi connectivity index (χ0) is 22.8. The summed E-state index contributed by atoms with van der Waals surface area (Å²) in [4.78, 5) is 3.68. The predicted octanol–water partition coefficient (Wildman–Crippen LogP) is 7.61. The molecule has 33 heavy (non-hydrogen) atoms. The summed E-state index contributed by atoms with van der Waals surface area (Å²) in [6.07, 6.45) is 15.5. The van der Waals surface area contributed by atoms with E-state index < -0.39 is 0 Å². The molecule has 1 nitrogen and oxygen atoms in total. The van der Waals surface area contributed by atoms with E-state index in [2.05, 4.69) is 62.0 Å². The van der Waals surface area contributed by atoms with Gasteiger partial charge in [-0.3, -0.25) is 0 Å². The maximum Gasteiger partial charge on any atom is 0.0265 e. The Morgan fingerprint density at radius 2 is 1.82 bits per heavy atom. The fourth-order valence-electron chi connectivity index (χ4n) is 8.08. The van der Waals surface area contributed by atoms with Gasteiger partial charge in [0.2, 0.25) is 0 Å². The standard InChI is InChI=1S/C31H43NS/c1-4-7-25-13-17-30-29-16-12-24-8-5-6-9-27(24)28(29)18-19-31(25,30)22-23-10-14-26(15-11-23)33-21-20-32(2)3/h10-11,14-15,24-25,29-30H,5-6,8-9,12-13,16-22H2,1-3H3/t24?,25-,29-,30+,31+/m1/s1.